The van der Waals surface area contributed by atoms with Crippen LogP contribution in [0.3, 0.4) is 0 Å². The number of H-pyrrole nitrogens is 1. The molecule has 0 atom stereocenters. The van der Waals surface area contributed by atoms with Gasteiger partial charge < -0.3 is 19.9 Å². The number of para-hydroxylation sites is 1. The molecule has 7 nitrogen and oxygen atoms in total. The van der Waals surface area contributed by atoms with Crippen molar-refractivity contribution in [3.63, 3.8) is 0 Å². The maximum Gasteiger partial charge on any atom is 0.408 e. The number of aromatic amines is 1. The molecule has 2 aliphatic rings. The monoisotopic (exact) mass is 605 g/mol. The topological polar surface area (TPSA) is 73.5 Å². The second-order valence-electron chi connectivity index (χ2n) is 11.7. The second kappa shape index (κ2) is 12.5. The van der Waals surface area contributed by atoms with Crippen LogP contribution in [0.25, 0.3) is 22.2 Å². The highest BCUT2D eigenvalue weighted by atomic mass is 19.4. The van der Waals surface area contributed by atoms with Crippen molar-refractivity contribution < 1.29 is 22.7 Å². The average Bonchev–Trinajstić information content (AvgIpc) is 3.58. The number of aromatic nitrogens is 2. The molecule has 2 N–H and O–H groups in total. The zero-order valence-electron chi connectivity index (χ0n) is 24.9. The number of carbonyl (C=O) groups is 1. The fraction of sp³-hybridized carbons (Fsp3) is 0.412. The van der Waals surface area contributed by atoms with Crippen molar-refractivity contribution in [2.75, 3.05) is 44.2 Å². The first kappa shape index (κ1) is 30.0. The van der Waals surface area contributed by atoms with E-state index < -0.39 is 24.4 Å². The van der Waals surface area contributed by atoms with E-state index in [1.807, 2.05) is 53.8 Å². The lowest BCUT2D eigenvalue weighted by molar-refractivity contribution is -0.124. The lowest BCUT2D eigenvalue weighted by Gasteiger charge is -2.35. The number of piperazine rings is 1. The number of fused-ring (bicyclic) bond motifs is 4. The molecule has 0 bridgehead atoms. The molecule has 0 spiro atoms. The summed E-state index contributed by atoms with van der Waals surface area (Å²) < 4.78 is 44.5. The Hall–Kier alpha value is -4.05. The van der Waals surface area contributed by atoms with E-state index in [-0.39, 0.29) is 0 Å². The third kappa shape index (κ3) is 6.13. The molecule has 1 saturated heterocycles. The summed E-state index contributed by atoms with van der Waals surface area (Å²) in [5.41, 5.74) is 5.76. The Kier molecular flexibility index (Phi) is 8.53. The molecule has 44 heavy (non-hydrogen) atoms. The number of benzene rings is 3. The minimum absolute atomic E-state index is 0.472. The van der Waals surface area contributed by atoms with Gasteiger partial charge in [-0.1, -0.05) is 74.0 Å². The summed E-state index contributed by atoms with van der Waals surface area (Å²) >= 11 is 0. The molecule has 1 aliphatic carbocycles. The Labute approximate surface area is 255 Å². The fourth-order valence-corrected chi connectivity index (χ4v) is 6.67. The van der Waals surface area contributed by atoms with Gasteiger partial charge in [0.05, 0.1) is 11.0 Å². The first-order valence-electron chi connectivity index (χ1n) is 15.5. The van der Waals surface area contributed by atoms with Crippen LogP contribution >= 0.6 is 0 Å². The Bertz CT molecular complexity index is 1560. The van der Waals surface area contributed by atoms with Crippen molar-refractivity contribution in [1.29, 1.82) is 0 Å². The molecule has 1 aliphatic heterocycles. The molecular weight excluding hydrogens is 567 g/mol. The summed E-state index contributed by atoms with van der Waals surface area (Å²) in [5.74, 6) is 0.921. The summed E-state index contributed by atoms with van der Waals surface area (Å²) in [5, 5.41) is 1.91. The van der Waals surface area contributed by atoms with Crippen molar-refractivity contribution in [3.05, 3.63) is 83.4 Å². The number of alkyl carbamates (subject to hydrolysis) is 1. The molecule has 3 aromatic carbocycles. The van der Waals surface area contributed by atoms with Gasteiger partial charge in [-0.2, -0.15) is 13.2 Å². The maximum atomic E-state index is 12.9. The van der Waals surface area contributed by atoms with E-state index in [1.165, 1.54) is 5.56 Å². The number of ether oxygens (including phenoxy) is 1. The highest BCUT2D eigenvalue weighted by Crippen LogP contribution is 2.52. The molecule has 1 amide bonds. The second-order valence-corrected chi connectivity index (χ2v) is 11.7. The number of unbranched alkanes of at least 4 members (excludes halogenated alkanes) is 1. The number of alkyl halides is 3. The lowest BCUT2D eigenvalue weighted by atomic mass is 9.86. The zero-order chi connectivity index (χ0) is 30.7. The van der Waals surface area contributed by atoms with Crippen molar-refractivity contribution in [1.82, 2.24) is 20.2 Å². The predicted octanol–water partition coefficient (Wildman–Crippen LogP) is 7.02. The average molecular weight is 606 g/mol. The van der Waals surface area contributed by atoms with Gasteiger partial charge in [-0.15, -0.1) is 0 Å². The lowest BCUT2D eigenvalue weighted by Crippen LogP contribution is -2.47. The van der Waals surface area contributed by atoms with Crippen LogP contribution in [0.2, 0.25) is 0 Å². The third-order valence-corrected chi connectivity index (χ3v) is 8.74. The number of aryl methyl sites for hydroxylation is 1. The van der Waals surface area contributed by atoms with Gasteiger partial charge in [-0.05, 0) is 55.0 Å². The molecule has 10 heteroatoms. The Balaban J connectivity index is 1.09. The SMILES string of the molecule is CCCc1cccc2[nH]c(N3CCN(CCCCC4(OC(=O)NCC(F)(F)F)c5ccccc5-c5ccccc54)CC3)nc12. The van der Waals surface area contributed by atoms with Gasteiger partial charge in [0.15, 0.2) is 5.60 Å². The molecule has 0 saturated carbocycles. The summed E-state index contributed by atoms with van der Waals surface area (Å²) in [6.07, 6.45) is -1.43. The van der Waals surface area contributed by atoms with Crippen molar-refractivity contribution in [3.8, 4) is 11.1 Å². The van der Waals surface area contributed by atoms with E-state index in [2.05, 4.69) is 39.9 Å². The molecule has 4 aromatic rings. The normalized spacial score (nSPS) is 16.1. The van der Waals surface area contributed by atoms with Gasteiger partial charge in [-0.25, -0.2) is 9.78 Å². The molecule has 0 unspecified atom stereocenters. The van der Waals surface area contributed by atoms with Crippen molar-refractivity contribution in [2.24, 2.45) is 0 Å². The highest BCUT2D eigenvalue weighted by molar-refractivity contribution is 5.82. The smallest absolute Gasteiger partial charge is 0.408 e. The number of hydrogen-bond donors (Lipinski definition) is 2. The van der Waals surface area contributed by atoms with Gasteiger partial charge in [-0.3, -0.25) is 4.90 Å². The van der Waals surface area contributed by atoms with E-state index in [0.29, 0.717) is 6.42 Å². The number of halogens is 3. The summed E-state index contributed by atoms with van der Waals surface area (Å²) in [7, 11) is 0. The van der Waals surface area contributed by atoms with E-state index in [9.17, 15) is 18.0 Å². The standard InChI is InChI=1S/C34H38F3N5O2/c1-2-10-24-11-9-16-29-30(24)40-31(39-29)42-21-19-41(20-22-42)18-8-7-17-33(44-32(43)38-23-34(35,36)37)27-14-5-3-12-25(27)26-13-4-6-15-28(26)33/h3-6,9,11-16H,2,7-8,10,17-23H2,1H3,(H,38,43)(H,39,40). The number of nitrogens with zero attached hydrogens (tertiary/aromatic N) is 3. The number of anilines is 1. The minimum atomic E-state index is -4.52. The van der Waals surface area contributed by atoms with Crippen LogP contribution in [0.15, 0.2) is 66.7 Å². The predicted molar refractivity (Wildman–Crippen MR) is 166 cm³/mol. The van der Waals surface area contributed by atoms with Crippen LogP contribution in [-0.4, -0.2) is 66.4 Å². The van der Waals surface area contributed by atoms with Crippen molar-refractivity contribution in [2.45, 2.75) is 50.8 Å². The quantitative estimate of drug-likeness (QED) is 0.190. The van der Waals surface area contributed by atoms with Gasteiger partial charge in [0.1, 0.15) is 6.54 Å². The first-order valence-corrected chi connectivity index (χ1v) is 15.5. The minimum Gasteiger partial charge on any atom is -0.433 e. The summed E-state index contributed by atoms with van der Waals surface area (Å²) in [6.45, 7) is 5.18. The Morgan fingerprint density at radius 3 is 2.30 bits per heavy atom. The van der Waals surface area contributed by atoms with E-state index >= 15 is 0 Å². The van der Waals surface area contributed by atoms with Gasteiger partial charge >= 0.3 is 12.3 Å². The maximum absolute atomic E-state index is 12.9. The third-order valence-electron chi connectivity index (χ3n) is 8.74. The molecule has 2 heterocycles. The first-order chi connectivity index (χ1) is 21.3. The van der Waals surface area contributed by atoms with Crippen molar-refractivity contribution >= 4 is 23.1 Å². The number of rotatable bonds is 10. The Morgan fingerprint density at radius 1 is 0.955 bits per heavy atom. The van der Waals surface area contributed by atoms with Crippen LogP contribution in [0.1, 0.15) is 49.3 Å². The van der Waals surface area contributed by atoms with Crippen LogP contribution in [0, 0.1) is 0 Å². The van der Waals surface area contributed by atoms with Crippen LogP contribution in [0.4, 0.5) is 23.9 Å². The summed E-state index contributed by atoms with van der Waals surface area (Å²) in [6, 6.07) is 21.7. The largest absolute Gasteiger partial charge is 0.433 e. The van der Waals surface area contributed by atoms with Crippen LogP contribution < -0.4 is 10.2 Å². The van der Waals surface area contributed by atoms with E-state index in [0.717, 1.165) is 97.6 Å². The number of imidazole rings is 1. The van der Waals surface area contributed by atoms with Crippen LogP contribution in [0.5, 0.6) is 0 Å². The zero-order valence-corrected chi connectivity index (χ0v) is 24.9. The highest BCUT2D eigenvalue weighted by Gasteiger charge is 2.46. The van der Waals surface area contributed by atoms with E-state index in [4.69, 9.17) is 9.72 Å². The van der Waals surface area contributed by atoms with Gasteiger partial charge in [0.25, 0.3) is 0 Å². The molecule has 1 fully saturated rings. The van der Waals surface area contributed by atoms with Crippen LogP contribution in [-0.2, 0) is 16.8 Å². The van der Waals surface area contributed by atoms with Gasteiger partial charge in [0.2, 0.25) is 5.95 Å². The van der Waals surface area contributed by atoms with Gasteiger partial charge in [0, 0.05) is 37.3 Å². The number of carbonyl (C=O) groups excluding carboxylic acids is 1. The number of nitrogens with one attached hydrogen (secondary N) is 2. The van der Waals surface area contributed by atoms with E-state index in [1.54, 1.807) is 0 Å². The Morgan fingerprint density at radius 2 is 1.64 bits per heavy atom. The fourth-order valence-electron chi connectivity index (χ4n) is 6.67. The number of hydrogen-bond acceptors (Lipinski definition) is 5. The molecule has 0 radical (unpaired) electrons. The molecule has 232 valence electrons. The number of amides is 1. The molecule has 6 rings (SSSR count). The molecular formula is C34H38F3N5O2. The molecule has 1 aromatic heterocycles. The summed E-state index contributed by atoms with van der Waals surface area (Å²) in [4.78, 5) is 25.9.